The average Bonchev–Trinajstić information content (AvgIpc) is 2.86. The summed E-state index contributed by atoms with van der Waals surface area (Å²) in [7, 11) is 1.51. The molecule has 4 rings (SSSR count). The van der Waals surface area contributed by atoms with Crippen molar-refractivity contribution in [3.05, 3.63) is 59.5 Å². The number of fused-ring (bicyclic) bond motifs is 2. The number of rotatable bonds is 4. The number of aliphatic hydroxyl groups is 1. The van der Waals surface area contributed by atoms with Crippen LogP contribution in [0.4, 0.5) is 4.39 Å². The van der Waals surface area contributed by atoms with E-state index in [9.17, 15) is 9.50 Å². The van der Waals surface area contributed by atoms with Crippen LogP contribution in [0.3, 0.4) is 0 Å². The molecule has 2 aromatic rings. The third-order valence-electron chi connectivity index (χ3n) is 5.64. The summed E-state index contributed by atoms with van der Waals surface area (Å²) in [5.74, 6) is -0.122. The van der Waals surface area contributed by atoms with Gasteiger partial charge in [0, 0.05) is 24.2 Å². The van der Waals surface area contributed by atoms with E-state index in [0.717, 1.165) is 25.6 Å². The van der Waals surface area contributed by atoms with Gasteiger partial charge in [0.25, 0.3) is 0 Å². The summed E-state index contributed by atoms with van der Waals surface area (Å²) in [6.45, 7) is 0.894. The lowest BCUT2D eigenvalue weighted by Gasteiger charge is -2.44. The summed E-state index contributed by atoms with van der Waals surface area (Å²) in [6, 6.07) is 12.4. The Morgan fingerprint density at radius 1 is 1.24 bits per heavy atom. The van der Waals surface area contributed by atoms with Gasteiger partial charge < -0.3 is 9.84 Å². The zero-order valence-corrected chi connectivity index (χ0v) is 14.4. The van der Waals surface area contributed by atoms with Crippen molar-refractivity contribution in [2.24, 2.45) is 0 Å². The molecule has 5 heteroatoms. The Morgan fingerprint density at radius 2 is 1.92 bits per heavy atom. The molecule has 1 aromatic carbocycles. The van der Waals surface area contributed by atoms with E-state index in [2.05, 4.69) is 34.1 Å². The Balaban J connectivity index is 1.59. The molecule has 2 unspecified atom stereocenters. The summed E-state index contributed by atoms with van der Waals surface area (Å²) in [4.78, 5) is 6.49. The van der Waals surface area contributed by atoms with Crippen LogP contribution in [0.5, 0.6) is 5.88 Å². The summed E-state index contributed by atoms with van der Waals surface area (Å²) < 4.78 is 19.0. The number of hydrogen-bond acceptors (Lipinski definition) is 4. The minimum atomic E-state index is -1.08. The Kier molecular flexibility index (Phi) is 4.21. The van der Waals surface area contributed by atoms with Crippen LogP contribution in [-0.4, -0.2) is 34.2 Å². The molecule has 1 aromatic heterocycles. The summed E-state index contributed by atoms with van der Waals surface area (Å²) in [5.41, 5.74) is 0.681. The van der Waals surface area contributed by atoms with E-state index in [1.165, 1.54) is 18.7 Å². The molecule has 2 fully saturated rings. The second-order valence-corrected chi connectivity index (χ2v) is 7.19. The van der Waals surface area contributed by atoms with Gasteiger partial charge in [-0.2, -0.15) is 0 Å². The number of hydrogen-bond donors (Lipinski definition) is 1. The standard InChI is InChI=1S/C20H23FN2O2/c1-25-19-18(9-15(21)12-22-19)20(24)10-16-7-8-17(11-20)23(16)13-14-5-3-2-4-6-14/h2-6,9,12,16-17,24H,7-8,10-11,13H2,1H3. The fraction of sp³-hybridized carbons (Fsp3) is 0.450. The van der Waals surface area contributed by atoms with E-state index in [-0.39, 0.29) is 12.1 Å². The minimum absolute atomic E-state index is 0.289. The molecule has 4 nitrogen and oxygen atoms in total. The Morgan fingerprint density at radius 3 is 2.56 bits per heavy atom. The predicted octanol–water partition coefficient (Wildman–Crippen LogP) is 3.24. The van der Waals surface area contributed by atoms with Crippen molar-refractivity contribution in [3.63, 3.8) is 0 Å². The van der Waals surface area contributed by atoms with E-state index >= 15 is 0 Å². The lowest BCUT2D eigenvalue weighted by atomic mass is 9.80. The number of aromatic nitrogens is 1. The van der Waals surface area contributed by atoms with Gasteiger partial charge in [-0.3, -0.25) is 4.90 Å². The Hall–Kier alpha value is -1.98. The first-order chi connectivity index (χ1) is 12.1. The zero-order valence-electron chi connectivity index (χ0n) is 14.4. The lowest BCUT2D eigenvalue weighted by Crippen LogP contribution is -2.49. The molecular weight excluding hydrogens is 319 g/mol. The molecule has 3 heterocycles. The first-order valence-corrected chi connectivity index (χ1v) is 8.81. The molecule has 2 saturated heterocycles. The summed E-state index contributed by atoms with van der Waals surface area (Å²) >= 11 is 0. The van der Waals surface area contributed by atoms with E-state index in [0.29, 0.717) is 24.3 Å². The van der Waals surface area contributed by atoms with Crippen molar-refractivity contribution >= 4 is 0 Å². The largest absolute Gasteiger partial charge is 0.481 e. The molecule has 2 aliphatic rings. The normalized spacial score (nSPS) is 28.9. The highest BCUT2D eigenvalue weighted by molar-refractivity contribution is 5.34. The van der Waals surface area contributed by atoms with Crippen LogP contribution in [0.15, 0.2) is 42.6 Å². The average molecular weight is 342 g/mol. The van der Waals surface area contributed by atoms with Gasteiger partial charge in [0.1, 0.15) is 5.82 Å². The highest BCUT2D eigenvalue weighted by atomic mass is 19.1. The van der Waals surface area contributed by atoms with Gasteiger partial charge in [-0.25, -0.2) is 9.37 Å². The Labute approximate surface area is 147 Å². The molecule has 2 bridgehead atoms. The molecular formula is C20H23FN2O2. The molecule has 0 spiro atoms. The van der Waals surface area contributed by atoms with Crippen molar-refractivity contribution in [2.45, 2.75) is 49.9 Å². The number of benzene rings is 1. The monoisotopic (exact) mass is 342 g/mol. The first-order valence-electron chi connectivity index (χ1n) is 8.81. The van der Waals surface area contributed by atoms with Gasteiger partial charge in [0.15, 0.2) is 0 Å². The molecule has 0 amide bonds. The molecule has 0 saturated carbocycles. The highest BCUT2D eigenvalue weighted by Crippen LogP contribution is 2.48. The third-order valence-corrected chi connectivity index (χ3v) is 5.64. The van der Waals surface area contributed by atoms with Crippen LogP contribution < -0.4 is 4.74 Å². The van der Waals surface area contributed by atoms with Crippen molar-refractivity contribution in [3.8, 4) is 5.88 Å². The smallest absolute Gasteiger partial charge is 0.219 e. The maximum atomic E-state index is 13.7. The third kappa shape index (κ3) is 3.02. The number of methoxy groups -OCH3 is 1. The molecule has 0 aliphatic carbocycles. The number of nitrogens with zero attached hydrogens (tertiary/aromatic N) is 2. The number of halogens is 1. The zero-order chi connectivity index (χ0) is 17.4. The predicted molar refractivity (Wildman–Crippen MR) is 92.7 cm³/mol. The van der Waals surface area contributed by atoms with E-state index in [1.807, 2.05) is 6.07 Å². The molecule has 132 valence electrons. The molecule has 25 heavy (non-hydrogen) atoms. The maximum Gasteiger partial charge on any atom is 0.219 e. The summed E-state index contributed by atoms with van der Waals surface area (Å²) in [6.07, 6.45) is 4.41. The number of piperidine rings is 1. The summed E-state index contributed by atoms with van der Waals surface area (Å²) in [5, 5.41) is 11.3. The van der Waals surface area contributed by atoms with Crippen molar-refractivity contribution in [1.82, 2.24) is 9.88 Å². The lowest BCUT2D eigenvalue weighted by molar-refractivity contribution is -0.0611. The number of ether oxygens (including phenoxy) is 1. The SMILES string of the molecule is COc1ncc(F)cc1C1(O)CC2CCC(C1)N2Cc1ccccc1. The van der Waals surface area contributed by atoms with Crippen molar-refractivity contribution < 1.29 is 14.2 Å². The topological polar surface area (TPSA) is 45.6 Å². The first kappa shape index (κ1) is 16.5. The van der Waals surface area contributed by atoms with E-state index < -0.39 is 11.4 Å². The van der Waals surface area contributed by atoms with E-state index in [4.69, 9.17) is 4.74 Å². The van der Waals surface area contributed by atoms with Gasteiger partial charge in [-0.1, -0.05) is 30.3 Å². The van der Waals surface area contributed by atoms with Gasteiger partial charge in [0.2, 0.25) is 5.88 Å². The fourth-order valence-corrected chi connectivity index (χ4v) is 4.51. The minimum Gasteiger partial charge on any atom is -0.481 e. The second-order valence-electron chi connectivity index (χ2n) is 7.19. The molecule has 2 aliphatic heterocycles. The Bertz CT molecular complexity index is 739. The number of pyridine rings is 1. The van der Waals surface area contributed by atoms with E-state index in [1.54, 1.807) is 0 Å². The van der Waals surface area contributed by atoms with Crippen molar-refractivity contribution in [1.29, 1.82) is 0 Å². The van der Waals surface area contributed by atoms with Crippen LogP contribution in [0.1, 0.15) is 36.8 Å². The maximum absolute atomic E-state index is 13.7. The quantitative estimate of drug-likeness (QED) is 0.926. The fourth-order valence-electron chi connectivity index (χ4n) is 4.51. The highest BCUT2D eigenvalue weighted by Gasteiger charge is 2.49. The van der Waals surface area contributed by atoms with Crippen LogP contribution in [0.25, 0.3) is 0 Å². The molecule has 0 radical (unpaired) electrons. The van der Waals surface area contributed by atoms with Crippen LogP contribution in [-0.2, 0) is 12.1 Å². The van der Waals surface area contributed by atoms with Crippen LogP contribution in [0.2, 0.25) is 0 Å². The van der Waals surface area contributed by atoms with Gasteiger partial charge in [-0.15, -0.1) is 0 Å². The van der Waals surface area contributed by atoms with Gasteiger partial charge >= 0.3 is 0 Å². The second kappa shape index (κ2) is 6.39. The van der Waals surface area contributed by atoms with Crippen LogP contribution in [0, 0.1) is 5.82 Å². The molecule has 2 atom stereocenters. The van der Waals surface area contributed by atoms with Crippen LogP contribution >= 0.6 is 0 Å². The van der Waals surface area contributed by atoms with Crippen molar-refractivity contribution in [2.75, 3.05) is 7.11 Å². The van der Waals surface area contributed by atoms with Gasteiger partial charge in [0.05, 0.1) is 18.9 Å². The van der Waals surface area contributed by atoms with Gasteiger partial charge in [-0.05, 0) is 37.3 Å². The molecule has 1 N–H and O–H groups in total.